The first-order valence-electron chi connectivity index (χ1n) is 6.23. The van der Waals surface area contributed by atoms with Gasteiger partial charge in [0.2, 0.25) is 0 Å². The Morgan fingerprint density at radius 1 is 1.44 bits per heavy atom. The Morgan fingerprint density at radius 3 is 3.17 bits per heavy atom. The fourth-order valence-electron chi connectivity index (χ4n) is 2.51. The van der Waals surface area contributed by atoms with Crippen LogP contribution in [0.25, 0.3) is 5.57 Å². The molecule has 0 fully saturated rings. The molecule has 0 spiro atoms. The van der Waals surface area contributed by atoms with Gasteiger partial charge in [0.05, 0.1) is 0 Å². The number of aryl methyl sites for hydroxylation is 1. The van der Waals surface area contributed by atoms with Gasteiger partial charge < -0.3 is 0 Å². The number of hydrogen-bond acceptors (Lipinski definition) is 4. The maximum atomic E-state index is 4.47. The molecule has 4 heteroatoms. The van der Waals surface area contributed by atoms with Crippen LogP contribution in [0.4, 0.5) is 0 Å². The van der Waals surface area contributed by atoms with Crippen LogP contribution in [-0.4, -0.2) is 22.8 Å². The third-order valence-electron chi connectivity index (χ3n) is 3.39. The number of aromatic nitrogens is 1. The molecule has 1 aromatic heterocycles. The van der Waals surface area contributed by atoms with E-state index >= 15 is 0 Å². The lowest BCUT2D eigenvalue weighted by atomic mass is 9.98. The van der Waals surface area contributed by atoms with E-state index in [2.05, 4.69) is 35.3 Å². The number of aliphatic imine (C=N–C) groups is 1. The van der Waals surface area contributed by atoms with E-state index < -0.39 is 0 Å². The zero-order valence-electron chi connectivity index (χ0n) is 10.6. The first-order chi connectivity index (χ1) is 8.81. The minimum absolute atomic E-state index is 0.813. The molecule has 1 N–H and O–H groups in total. The standard InChI is InChI=1S/C14H16N4/c1-3-11-10(2)15-7-5-12(11)13-9-17-18-8-4-6-16-14(13)18/h4-8,17H,3,9H2,1-2H3. The SMILES string of the molecule is CCc1c(C2=C3N=CC=CN3NC2)ccnc1C. The highest BCUT2D eigenvalue weighted by Gasteiger charge is 2.24. The van der Waals surface area contributed by atoms with E-state index in [1.54, 1.807) is 0 Å². The van der Waals surface area contributed by atoms with Crippen molar-refractivity contribution in [1.29, 1.82) is 0 Å². The predicted molar refractivity (Wildman–Crippen MR) is 72.7 cm³/mol. The Balaban J connectivity index is 2.14. The third kappa shape index (κ3) is 1.66. The quantitative estimate of drug-likeness (QED) is 0.860. The molecule has 2 aliphatic heterocycles. The van der Waals surface area contributed by atoms with E-state index in [4.69, 9.17) is 0 Å². The summed E-state index contributed by atoms with van der Waals surface area (Å²) in [6.45, 7) is 5.05. The number of hydrazine groups is 1. The van der Waals surface area contributed by atoms with Crippen LogP contribution in [-0.2, 0) is 6.42 Å². The smallest absolute Gasteiger partial charge is 0.152 e. The van der Waals surface area contributed by atoms with Crippen LogP contribution in [0.15, 0.2) is 35.4 Å². The van der Waals surface area contributed by atoms with Gasteiger partial charge in [-0.05, 0) is 36.6 Å². The van der Waals surface area contributed by atoms with Gasteiger partial charge in [-0.1, -0.05) is 6.92 Å². The molecule has 0 saturated carbocycles. The van der Waals surface area contributed by atoms with Gasteiger partial charge in [0.15, 0.2) is 5.82 Å². The molecule has 0 amide bonds. The van der Waals surface area contributed by atoms with Crippen molar-refractivity contribution in [1.82, 2.24) is 15.4 Å². The van der Waals surface area contributed by atoms with Crippen molar-refractivity contribution < 1.29 is 0 Å². The molecule has 18 heavy (non-hydrogen) atoms. The van der Waals surface area contributed by atoms with Crippen LogP contribution >= 0.6 is 0 Å². The number of rotatable bonds is 2. The summed E-state index contributed by atoms with van der Waals surface area (Å²) < 4.78 is 0. The Hall–Kier alpha value is -1.94. The van der Waals surface area contributed by atoms with Gasteiger partial charge in [0.1, 0.15) is 0 Å². The number of nitrogens with one attached hydrogen (secondary N) is 1. The van der Waals surface area contributed by atoms with Gasteiger partial charge in [0.25, 0.3) is 0 Å². The molecular weight excluding hydrogens is 224 g/mol. The molecular formula is C14H16N4. The number of nitrogens with zero attached hydrogens (tertiary/aromatic N) is 3. The molecule has 0 aliphatic carbocycles. The van der Waals surface area contributed by atoms with Gasteiger partial charge in [0, 0.05) is 36.4 Å². The number of hydrogen-bond donors (Lipinski definition) is 1. The minimum atomic E-state index is 0.813. The second kappa shape index (κ2) is 4.38. The van der Waals surface area contributed by atoms with Crippen LogP contribution in [0.2, 0.25) is 0 Å². The summed E-state index contributed by atoms with van der Waals surface area (Å²) in [5.41, 5.74) is 8.25. The highest BCUT2D eigenvalue weighted by molar-refractivity contribution is 5.80. The largest absolute Gasteiger partial charge is 0.266 e. The zero-order valence-corrected chi connectivity index (χ0v) is 10.6. The highest BCUT2D eigenvalue weighted by atomic mass is 15.5. The second-order valence-corrected chi connectivity index (χ2v) is 4.40. The first kappa shape index (κ1) is 11.2. The van der Waals surface area contributed by atoms with Crippen molar-refractivity contribution in [2.75, 3.05) is 6.54 Å². The van der Waals surface area contributed by atoms with Gasteiger partial charge in [-0.25, -0.2) is 10.4 Å². The Labute approximate surface area is 107 Å². The monoisotopic (exact) mass is 240 g/mol. The molecule has 3 heterocycles. The first-order valence-corrected chi connectivity index (χ1v) is 6.23. The number of fused-ring (bicyclic) bond motifs is 1. The molecule has 0 atom stereocenters. The van der Waals surface area contributed by atoms with Gasteiger partial charge in [-0.2, -0.15) is 0 Å². The van der Waals surface area contributed by atoms with E-state index in [-0.39, 0.29) is 0 Å². The van der Waals surface area contributed by atoms with E-state index in [9.17, 15) is 0 Å². The maximum absolute atomic E-state index is 4.47. The molecule has 4 nitrogen and oxygen atoms in total. The summed E-state index contributed by atoms with van der Waals surface area (Å²) >= 11 is 0. The van der Waals surface area contributed by atoms with Crippen molar-refractivity contribution in [2.45, 2.75) is 20.3 Å². The van der Waals surface area contributed by atoms with Crippen LogP contribution < -0.4 is 5.43 Å². The van der Waals surface area contributed by atoms with E-state index in [0.717, 1.165) is 24.5 Å². The lowest BCUT2D eigenvalue weighted by Gasteiger charge is -2.16. The summed E-state index contributed by atoms with van der Waals surface area (Å²) in [6, 6.07) is 2.09. The summed E-state index contributed by atoms with van der Waals surface area (Å²) in [7, 11) is 0. The molecule has 0 bridgehead atoms. The highest BCUT2D eigenvalue weighted by Crippen LogP contribution is 2.30. The topological polar surface area (TPSA) is 40.5 Å². The van der Waals surface area contributed by atoms with Crippen LogP contribution in [0, 0.1) is 6.92 Å². The lowest BCUT2D eigenvalue weighted by molar-refractivity contribution is 0.383. The average Bonchev–Trinajstić information content (AvgIpc) is 2.82. The Bertz CT molecular complexity index is 569. The lowest BCUT2D eigenvalue weighted by Crippen LogP contribution is -2.26. The third-order valence-corrected chi connectivity index (χ3v) is 3.39. The van der Waals surface area contributed by atoms with E-state index in [0.29, 0.717) is 0 Å². The number of pyridine rings is 1. The van der Waals surface area contributed by atoms with Gasteiger partial charge in [-0.15, -0.1) is 0 Å². The number of allylic oxidation sites excluding steroid dienone is 1. The molecule has 2 aliphatic rings. The molecule has 3 rings (SSSR count). The van der Waals surface area contributed by atoms with Crippen LogP contribution in [0.5, 0.6) is 0 Å². The van der Waals surface area contributed by atoms with Crippen LogP contribution in [0.1, 0.15) is 23.7 Å². The fraction of sp³-hybridized carbons (Fsp3) is 0.286. The van der Waals surface area contributed by atoms with Gasteiger partial charge >= 0.3 is 0 Å². The van der Waals surface area contributed by atoms with Crippen molar-refractivity contribution in [2.24, 2.45) is 4.99 Å². The maximum Gasteiger partial charge on any atom is 0.152 e. The Kier molecular flexibility index (Phi) is 2.72. The molecule has 0 aromatic carbocycles. The van der Waals surface area contributed by atoms with Crippen molar-refractivity contribution in [3.05, 3.63) is 47.2 Å². The van der Waals surface area contributed by atoms with E-state index in [1.807, 2.05) is 29.7 Å². The van der Waals surface area contributed by atoms with Crippen molar-refractivity contribution >= 4 is 11.8 Å². The van der Waals surface area contributed by atoms with Crippen molar-refractivity contribution in [3.8, 4) is 0 Å². The summed E-state index contributed by atoms with van der Waals surface area (Å²) in [4.78, 5) is 8.84. The minimum Gasteiger partial charge on any atom is -0.266 e. The fourth-order valence-corrected chi connectivity index (χ4v) is 2.51. The summed E-state index contributed by atoms with van der Waals surface area (Å²) in [6.07, 6.45) is 8.62. The van der Waals surface area contributed by atoms with Crippen LogP contribution in [0.3, 0.4) is 0 Å². The summed E-state index contributed by atoms with van der Waals surface area (Å²) in [5.74, 6) is 0.998. The van der Waals surface area contributed by atoms with E-state index in [1.165, 1.54) is 16.7 Å². The predicted octanol–water partition coefficient (Wildman–Crippen LogP) is 2.04. The molecule has 1 aromatic rings. The Morgan fingerprint density at radius 2 is 2.33 bits per heavy atom. The van der Waals surface area contributed by atoms with Gasteiger partial charge in [-0.3, -0.25) is 9.99 Å². The average molecular weight is 240 g/mol. The zero-order chi connectivity index (χ0) is 12.5. The molecule has 0 radical (unpaired) electrons. The summed E-state index contributed by atoms with van der Waals surface area (Å²) in [5, 5.41) is 1.98. The molecule has 92 valence electrons. The van der Waals surface area contributed by atoms with Crippen molar-refractivity contribution in [3.63, 3.8) is 0 Å². The molecule has 0 saturated heterocycles. The molecule has 0 unspecified atom stereocenters. The normalized spacial score (nSPS) is 17.6. The second-order valence-electron chi connectivity index (χ2n) is 4.40.